The van der Waals surface area contributed by atoms with Crippen LogP contribution in [0.2, 0.25) is 0 Å². The fourth-order valence-corrected chi connectivity index (χ4v) is 2.46. The molecule has 0 radical (unpaired) electrons. The van der Waals surface area contributed by atoms with Gasteiger partial charge in [0.05, 0.1) is 0 Å². The average Bonchev–Trinajstić information content (AvgIpc) is 2.47. The van der Waals surface area contributed by atoms with E-state index in [0.29, 0.717) is 11.1 Å². The van der Waals surface area contributed by atoms with Crippen LogP contribution in [0.5, 0.6) is 0 Å². The molecular weight excluding hydrogens is 240 g/mol. The summed E-state index contributed by atoms with van der Waals surface area (Å²) in [7, 11) is 1.58. The summed E-state index contributed by atoms with van der Waals surface area (Å²) < 4.78 is 0. The average molecular weight is 260 g/mol. The van der Waals surface area contributed by atoms with Crippen molar-refractivity contribution in [2.75, 3.05) is 7.05 Å². The first kappa shape index (κ1) is 13.6. The number of carbonyl (C=O) groups excluding carboxylic acids is 2. The summed E-state index contributed by atoms with van der Waals surface area (Å²) in [5.41, 5.74) is 1.06. The maximum atomic E-state index is 12.1. The van der Waals surface area contributed by atoms with Gasteiger partial charge in [0.25, 0.3) is 11.8 Å². The summed E-state index contributed by atoms with van der Waals surface area (Å²) in [6, 6.07) is 7.10. The highest BCUT2D eigenvalue weighted by Crippen LogP contribution is 2.18. The first-order valence-corrected chi connectivity index (χ1v) is 6.83. The van der Waals surface area contributed by atoms with E-state index in [1.165, 1.54) is 19.3 Å². The summed E-state index contributed by atoms with van der Waals surface area (Å²) in [6.45, 7) is 0. The van der Waals surface area contributed by atoms with Gasteiger partial charge in [-0.2, -0.15) is 0 Å². The Labute approximate surface area is 113 Å². The van der Waals surface area contributed by atoms with Gasteiger partial charge in [-0.3, -0.25) is 9.59 Å². The topological polar surface area (TPSA) is 58.2 Å². The molecule has 1 saturated carbocycles. The normalized spacial score (nSPS) is 15.8. The Balaban J connectivity index is 2.04. The number of hydrogen-bond acceptors (Lipinski definition) is 2. The molecule has 0 unspecified atom stereocenters. The zero-order valence-electron chi connectivity index (χ0n) is 11.2. The van der Waals surface area contributed by atoms with Crippen molar-refractivity contribution in [3.05, 3.63) is 35.4 Å². The zero-order valence-corrected chi connectivity index (χ0v) is 11.2. The third kappa shape index (κ3) is 3.56. The maximum absolute atomic E-state index is 12.1. The van der Waals surface area contributed by atoms with Crippen LogP contribution in [0.1, 0.15) is 52.8 Å². The smallest absolute Gasteiger partial charge is 0.251 e. The van der Waals surface area contributed by atoms with Crippen molar-refractivity contribution in [2.45, 2.75) is 38.1 Å². The SMILES string of the molecule is CNC(=O)c1cccc(C(=O)NC2CCCCC2)c1. The second-order valence-electron chi connectivity index (χ2n) is 4.97. The van der Waals surface area contributed by atoms with E-state index in [1.54, 1.807) is 31.3 Å². The molecule has 1 aromatic rings. The minimum absolute atomic E-state index is 0.0855. The van der Waals surface area contributed by atoms with Gasteiger partial charge in [0.2, 0.25) is 0 Å². The van der Waals surface area contributed by atoms with E-state index in [-0.39, 0.29) is 17.9 Å². The molecule has 4 nitrogen and oxygen atoms in total. The predicted molar refractivity (Wildman–Crippen MR) is 74.2 cm³/mol. The van der Waals surface area contributed by atoms with Gasteiger partial charge in [-0.05, 0) is 31.0 Å². The standard InChI is InChI=1S/C15H20N2O2/c1-16-14(18)11-6-5-7-12(10-11)15(19)17-13-8-3-2-4-9-13/h5-7,10,13H,2-4,8-9H2,1H3,(H,16,18)(H,17,19). The molecule has 1 aromatic carbocycles. The van der Waals surface area contributed by atoms with Crippen LogP contribution in [0, 0.1) is 0 Å². The van der Waals surface area contributed by atoms with Crippen LogP contribution in [0.25, 0.3) is 0 Å². The molecule has 2 N–H and O–H groups in total. The highest BCUT2D eigenvalue weighted by Gasteiger charge is 2.17. The zero-order chi connectivity index (χ0) is 13.7. The number of amides is 2. The van der Waals surface area contributed by atoms with E-state index < -0.39 is 0 Å². The van der Waals surface area contributed by atoms with Crippen LogP contribution in [0.3, 0.4) is 0 Å². The monoisotopic (exact) mass is 260 g/mol. The largest absolute Gasteiger partial charge is 0.355 e. The van der Waals surface area contributed by atoms with E-state index in [0.717, 1.165) is 12.8 Å². The lowest BCUT2D eigenvalue weighted by atomic mass is 9.95. The van der Waals surface area contributed by atoms with Crippen molar-refractivity contribution in [2.24, 2.45) is 0 Å². The van der Waals surface area contributed by atoms with E-state index in [4.69, 9.17) is 0 Å². The van der Waals surface area contributed by atoms with Crippen LogP contribution in [-0.2, 0) is 0 Å². The van der Waals surface area contributed by atoms with E-state index in [2.05, 4.69) is 10.6 Å². The molecule has 1 aliphatic rings. The molecule has 19 heavy (non-hydrogen) atoms. The van der Waals surface area contributed by atoms with E-state index in [9.17, 15) is 9.59 Å². The minimum atomic E-state index is -0.174. The van der Waals surface area contributed by atoms with Crippen LogP contribution in [-0.4, -0.2) is 24.9 Å². The lowest BCUT2D eigenvalue weighted by molar-refractivity contribution is 0.0927. The van der Waals surface area contributed by atoms with Crippen LogP contribution in [0.15, 0.2) is 24.3 Å². The Morgan fingerprint density at radius 1 is 1.05 bits per heavy atom. The highest BCUT2D eigenvalue weighted by atomic mass is 16.2. The summed E-state index contributed by atoms with van der Waals surface area (Å²) in [5, 5.41) is 5.61. The number of benzene rings is 1. The second-order valence-corrected chi connectivity index (χ2v) is 4.97. The summed E-state index contributed by atoms with van der Waals surface area (Å²) in [4.78, 5) is 23.7. The van der Waals surface area contributed by atoms with Crippen molar-refractivity contribution >= 4 is 11.8 Å². The van der Waals surface area contributed by atoms with Gasteiger partial charge in [-0.25, -0.2) is 0 Å². The molecule has 0 spiro atoms. The van der Waals surface area contributed by atoms with Gasteiger partial charge in [0.1, 0.15) is 0 Å². The van der Waals surface area contributed by atoms with Gasteiger partial charge >= 0.3 is 0 Å². The molecule has 0 aliphatic heterocycles. The highest BCUT2D eigenvalue weighted by molar-refractivity contribution is 5.99. The molecular formula is C15H20N2O2. The second kappa shape index (κ2) is 6.36. The number of rotatable bonds is 3. The molecule has 1 fully saturated rings. The molecule has 2 amide bonds. The van der Waals surface area contributed by atoms with Crippen molar-refractivity contribution in [3.63, 3.8) is 0 Å². The first-order valence-electron chi connectivity index (χ1n) is 6.83. The summed E-state index contributed by atoms with van der Waals surface area (Å²) in [6.07, 6.45) is 5.74. The van der Waals surface area contributed by atoms with Crippen molar-refractivity contribution in [1.82, 2.24) is 10.6 Å². The Kier molecular flexibility index (Phi) is 4.55. The van der Waals surface area contributed by atoms with Crippen LogP contribution < -0.4 is 10.6 Å². The van der Waals surface area contributed by atoms with Gasteiger partial charge in [0, 0.05) is 24.2 Å². The van der Waals surface area contributed by atoms with E-state index >= 15 is 0 Å². The molecule has 4 heteroatoms. The number of carbonyl (C=O) groups is 2. The third-order valence-electron chi connectivity index (χ3n) is 3.55. The fraction of sp³-hybridized carbons (Fsp3) is 0.467. The fourth-order valence-electron chi connectivity index (χ4n) is 2.46. The van der Waals surface area contributed by atoms with Gasteiger partial charge in [-0.1, -0.05) is 25.3 Å². The predicted octanol–water partition coefficient (Wildman–Crippen LogP) is 2.11. The van der Waals surface area contributed by atoms with Gasteiger partial charge < -0.3 is 10.6 Å². The molecule has 0 aromatic heterocycles. The molecule has 0 bridgehead atoms. The van der Waals surface area contributed by atoms with Crippen molar-refractivity contribution in [1.29, 1.82) is 0 Å². The number of nitrogens with one attached hydrogen (secondary N) is 2. The quantitative estimate of drug-likeness (QED) is 0.874. The summed E-state index contributed by atoms with van der Waals surface area (Å²) >= 11 is 0. The lowest BCUT2D eigenvalue weighted by Gasteiger charge is -2.22. The molecule has 0 saturated heterocycles. The van der Waals surface area contributed by atoms with Crippen molar-refractivity contribution in [3.8, 4) is 0 Å². The number of hydrogen-bond donors (Lipinski definition) is 2. The van der Waals surface area contributed by atoms with Crippen molar-refractivity contribution < 1.29 is 9.59 Å². The molecule has 2 rings (SSSR count). The summed E-state index contributed by atoms with van der Waals surface area (Å²) in [5.74, 6) is -0.259. The Morgan fingerprint density at radius 2 is 1.68 bits per heavy atom. The van der Waals surface area contributed by atoms with Gasteiger partial charge in [0.15, 0.2) is 0 Å². The first-order chi connectivity index (χ1) is 9.20. The third-order valence-corrected chi connectivity index (χ3v) is 3.55. The lowest BCUT2D eigenvalue weighted by Crippen LogP contribution is -2.36. The Hall–Kier alpha value is -1.84. The van der Waals surface area contributed by atoms with Gasteiger partial charge in [-0.15, -0.1) is 0 Å². The van der Waals surface area contributed by atoms with Crippen LogP contribution >= 0.6 is 0 Å². The molecule has 102 valence electrons. The Morgan fingerprint density at radius 3 is 2.32 bits per heavy atom. The molecule has 0 atom stereocenters. The Bertz CT molecular complexity index is 465. The maximum Gasteiger partial charge on any atom is 0.251 e. The van der Waals surface area contributed by atoms with E-state index in [1.807, 2.05) is 0 Å². The molecule has 0 heterocycles. The minimum Gasteiger partial charge on any atom is -0.355 e. The molecule has 1 aliphatic carbocycles. The van der Waals surface area contributed by atoms with Crippen LogP contribution in [0.4, 0.5) is 0 Å².